The van der Waals surface area contributed by atoms with Crippen molar-refractivity contribution in [3.8, 4) is 11.1 Å². The molecule has 3 aromatic rings. The largest absolute Gasteiger partial charge is 0.368 e. The Morgan fingerprint density at radius 1 is 0.971 bits per heavy atom. The predicted octanol–water partition coefficient (Wildman–Crippen LogP) is 2.18. The van der Waals surface area contributed by atoms with Crippen LogP contribution in [0.3, 0.4) is 0 Å². The van der Waals surface area contributed by atoms with Crippen molar-refractivity contribution in [3.05, 3.63) is 72.3 Å². The summed E-state index contributed by atoms with van der Waals surface area (Å²) in [5.74, 6) is 0.0698. The first-order valence-corrected chi connectivity index (χ1v) is 12.0. The lowest BCUT2D eigenvalue weighted by molar-refractivity contribution is -0.156. The third-order valence-corrected chi connectivity index (χ3v) is 6.51. The number of fused-ring (bicyclic) bond motifs is 2. The highest BCUT2D eigenvalue weighted by Gasteiger charge is 2.38. The zero-order valence-corrected chi connectivity index (χ0v) is 19.7. The van der Waals surface area contributed by atoms with Gasteiger partial charge in [-0.2, -0.15) is 0 Å². The monoisotopic (exact) mass is 472 g/mol. The van der Waals surface area contributed by atoms with Gasteiger partial charge in [0.05, 0.1) is 17.9 Å². The SMILES string of the molecule is CCc1ncncc1-c1cccc(C(=O)N2CC3CN(C(=O)CCc4cncnc4)CC(C2)O3)c1. The maximum absolute atomic E-state index is 13.4. The zero-order chi connectivity index (χ0) is 24.2. The third-order valence-electron chi connectivity index (χ3n) is 6.51. The number of aryl methyl sites for hydroxylation is 2. The first kappa shape index (κ1) is 23.0. The molecule has 0 aliphatic carbocycles. The van der Waals surface area contributed by atoms with Crippen molar-refractivity contribution in [1.29, 1.82) is 0 Å². The van der Waals surface area contributed by atoms with Gasteiger partial charge in [0.2, 0.25) is 5.91 Å². The summed E-state index contributed by atoms with van der Waals surface area (Å²) in [5, 5.41) is 0. The Bertz CT molecular complexity index is 1190. The molecular weight excluding hydrogens is 444 g/mol. The number of carbonyl (C=O) groups excluding carboxylic acids is 2. The molecule has 1 aromatic carbocycles. The van der Waals surface area contributed by atoms with Gasteiger partial charge in [-0.3, -0.25) is 9.59 Å². The number of morpholine rings is 2. The van der Waals surface area contributed by atoms with Crippen LogP contribution in [0.2, 0.25) is 0 Å². The van der Waals surface area contributed by atoms with E-state index in [1.54, 1.807) is 24.9 Å². The molecule has 2 saturated heterocycles. The molecule has 9 nitrogen and oxygen atoms in total. The zero-order valence-electron chi connectivity index (χ0n) is 19.7. The molecule has 35 heavy (non-hydrogen) atoms. The molecular formula is C26H28N6O3. The molecule has 2 atom stereocenters. The van der Waals surface area contributed by atoms with Crippen molar-refractivity contribution in [3.63, 3.8) is 0 Å². The summed E-state index contributed by atoms with van der Waals surface area (Å²) in [6, 6.07) is 7.63. The predicted molar refractivity (Wildman–Crippen MR) is 128 cm³/mol. The first-order valence-electron chi connectivity index (χ1n) is 12.0. The number of aromatic nitrogens is 4. The van der Waals surface area contributed by atoms with Gasteiger partial charge in [-0.25, -0.2) is 19.9 Å². The molecule has 2 aliphatic rings. The summed E-state index contributed by atoms with van der Waals surface area (Å²) in [6.07, 6.45) is 9.74. The molecule has 2 amide bonds. The van der Waals surface area contributed by atoms with E-state index >= 15 is 0 Å². The lowest BCUT2D eigenvalue weighted by atomic mass is 10.0. The molecule has 9 heteroatoms. The number of rotatable bonds is 6. The van der Waals surface area contributed by atoms with E-state index < -0.39 is 0 Å². The van der Waals surface area contributed by atoms with Crippen LogP contribution in [0.25, 0.3) is 11.1 Å². The molecule has 0 N–H and O–H groups in total. The van der Waals surface area contributed by atoms with Crippen molar-refractivity contribution in [2.24, 2.45) is 0 Å². The van der Waals surface area contributed by atoms with Crippen LogP contribution in [0.1, 0.15) is 35.0 Å². The summed E-state index contributed by atoms with van der Waals surface area (Å²) in [4.78, 5) is 46.4. The van der Waals surface area contributed by atoms with Crippen molar-refractivity contribution < 1.29 is 14.3 Å². The van der Waals surface area contributed by atoms with Crippen LogP contribution in [0.15, 0.2) is 55.5 Å². The number of benzene rings is 1. The van der Waals surface area contributed by atoms with Gasteiger partial charge in [0.25, 0.3) is 5.91 Å². The van der Waals surface area contributed by atoms with E-state index in [9.17, 15) is 9.59 Å². The Labute approximate surface area is 204 Å². The fraction of sp³-hybridized carbons (Fsp3) is 0.385. The summed E-state index contributed by atoms with van der Waals surface area (Å²) in [7, 11) is 0. The highest BCUT2D eigenvalue weighted by Crippen LogP contribution is 2.25. The Kier molecular flexibility index (Phi) is 6.76. The van der Waals surface area contributed by atoms with Crippen molar-refractivity contribution in [2.45, 2.75) is 38.4 Å². The second-order valence-electron chi connectivity index (χ2n) is 8.95. The van der Waals surface area contributed by atoms with Gasteiger partial charge in [-0.15, -0.1) is 0 Å². The number of hydrogen-bond donors (Lipinski definition) is 0. The molecule has 0 radical (unpaired) electrons. The van der Waals surface area contributed by atoms with Gasteiger partial charge in [0.1, 0.15) is 12.7 Å². The highest BCUT2D eigenvalue weighted by molar-refractivity contribution is 5.95. The molecule has 180 valence electrons. The quantitative estimate of drug-likeness (QED) is 0.542. The number of nitrogens with zero attached hydrogens (tertiary/aromatic N) is 6. The van der Waals surface area contributed by atoms with E-state index in [1.165, 1.54) is 6.33 Å². The van der Waals surface area contributed by atoms with Crippen molar-refractivity contribution >= 4 is 11.8 Å². The van der Waals surface area contributed by atoms with Crippen LogP contribution in [0.4, 0.5) is 0 Å². The molecule has 5 rings (SSSR count). The molecule has 2 unspecified atom stereocenters. The smallest absolute Gasteiger partial charge is 0.254 e. The second kappa shape index (κ2) is 10.3. The van der Waals surface area contributed by atoms with Crippen LogP contribution in [0, 0.1) is 0 Å². The Morgan fingerprint density at radius 2 is 1.69 bits per heavy atom. The summed E-state index contributed by atoms with van der Waals surface area (Å²) >= 11 is 0. The Hall–Kier alpha value is -3.72. The number of ether oxygens (including phenoxy) is 1. The van der Waals surface area contributed by atoms with Gasteiger partial charge >= 0.3 is 0 Å². The first-order chi connectivity index (χ1) is 17.1. The van der Waals surface area contributed by atoms with Crippen LogP contribution >= 0.6 is 0 Å². The molecule has 4 heterocycles. The van der Waals surface area contributed by atoms with Gasteiger partial charge in [0, 0.05) is 62.3 Å². The normalized spacial score (nSPS) is 19.5. The van der Waals surface area contributed by atoms with Crippen molar-refractivity contribution in [2.75, 3.05) is 26.2 Å². The van der Waals surface area contributed by atoms with Gasteiger partial charge in [0.15, 0.2) is 0 Å². The van der Waals surface area contributed by atoms with E-state index in [4.69, 9.17) is 4.74 Å². The van der Waals surface area contributed by atoms with E-state index in [0.29, 0.717) is 44.6 Å². The Morgan fingerprint density at radius 3 is 2.43 bits per heavy atom. The topological polar surface area (TPSA) is 101 Å². The standard InChI is InChI=1S/C26H28N6O3/c1-2-24-23(11-29-17-30-24)19-4-3-5-20(8-19)26(34)32-14-21-12-31(13-22(15-32)35-21)25(33)7-6-18-9-27-16-28-10-18/h3-5,8-11,16-17,21-22H,2,6-7,12-15H2,1H3. The maximum atomic E-state index is 13.4. The lowest BCUT2D eigenvalue weighted by Gasteiger charge is -2.45. The van der Waals surface area contributed by atoms with Gasteiger partial charge in [-0.05, 0) is 36.1 Å². The average Bonchev–Trinajstić information content (AvgIpc) is 2.91. The minimum absolute atomic E-state index is 0.0242. The molecule has 2 aliphatic heterocycles. The van der Waals surface area contributed by atoms with E-state index in [2.05, 4.69) is 26.9 Å². The number of amides is 2. The van der Waals surface area contributed by atoms with Gasteiger partial charge in [-0.1, -0.05) is 19.1 Å². The molecule has 0 spiro atoms. The Balaban J connectivity index is 1.23. The molecule has 2 aromatic heterocycles. The maximum Gasteiger partial charge on any atom is 0.254 e. The number of carbonyl (C=O) groups is 2. The van der Waals surface area contributed by atoms with Crippen LogP contribution in [0.5, 0.6) is 0 Å². The van der Waals surface area contributed by atoms with E-state index in [1.807, 2.05) is 34.1 Å². The molecule has 2 bridgehead atoms. The minimum atomic E-state index is -0.187. The van der Waals surface area contributed by atoms with Crippen LogP contribution in [-0.2, 0) is 22.4 Å². The fourth-order valence-electron chi connectivity index (χ4n) is 4.81. The van der Waals surface area contributed by atoms with Crippen LogP contribution < -0.4 is 0 Å². The average molecular weight is 473 g/mol. The van der Waals surface area contributed by atoms with E-state index in [-0.39, 0.29) is 24.0 Å². The highest BCUT2D eigenvalue weighted by atomic mass is 16.5. The summed E-state index contributed by atoms with van der Waals surface area (Å²) in [6.45, 7) is 3.96. The fourth-order valence-corrected chi connectivity index (χ4v) is 4.81. The minimum Gasteiger partial charge on any atom is -0.368 e. The second-order valence-corrected chi connectivity index (χ2v) is 8.95. The van der Waals surface area contributed by atoms with E-state index in [0.717, 1.165) is 28.8 Å². The number of hydrogen-bond acceptors (Lipinski definition) is 7. The van der Waals surface area contributed by atoms with Gasteiger partial charge < -0.3 is 14.5 Å². The van der Waals surface area contributed by atoms with Crippen molar-refractivity contribution in [1.82, 2.24) is 29.7 Å². The summed E-state index contributed by atoms with van der Waals surface area (Å²) in [5.41, 5.74) is 4.41. The lowest BCUT2D eigenvalue weighted by Crippen LogP contribution is -2.61. The molecule has 0 saturated carbocycles. The van der Waals surface area contributed by atoms with Crippen LogP contribution in [-0.4, -0.2) is 79.9 Å². The molecule has 2 fully saturated rings. The summed E-state index contributed by atoms with van der Waals surface area (Å²) < 4.78 is 6.08. The third kappa shape index (κ3) is 5.19.